The van der Waals surface area contributed by atoms with Crippen LogP contribution in [0.4, 0.5) is 5.69 Å². The number of methoxy groups -OCH3 is 1. The molecule has 0 aliphatic rings. The molecule has 1 aromatic carbocycles. The van der Waals surface area contributed by atoms with Crippen molar-refractivity contribution in [1.29, 1.82) is 0 Å². The van der Waals surface area contributed by atoms with Gasteiger partial charge in [0.25, 0.3) is 0 Å². The lowest BCUT2D eigenvalue weighted by atomic mass is 9.97. The Hall–Kier alpha value is -1.51. The number of carbonyl (C=O) groups excluding carboxylic acids is 1. The lowest BCUT2D eigenvalue weighted by Gasteiger charge is -2.16. The fourth-order valence-electron chi connectivity index (χ4n) is 2.09. The van der Waals surface area contributed by atoms with Gasteiger partial charge >= 0.3 is 0 Å². The second-order valence-electron chi connectivity index (χ2n) is 4.46. The summed E-state index contributed by atoms with van der Waals surface area (Å²) in [7, 11) is 1.61. The lowest BCUT2D eigenvalue weighted by Crippen LogP contribution is -2.23. The zero-order valence-corrected chi connectivity index (χ0v) is 11.5. The minimum absolute atomic E-state index is 0.100. The first kappa shape index (κ1) is 14.6. The first-order valence-electron chi connectivity index (χ1n) is 6.66. The molecule has 3 heteroatoms. The van der Waals surface area contributed by atoms with Gasteiger partial charge in [0.05, 0.1) is 12.8 Å². The van der Waals surface area contributed by atoms with Crippen molar-refractivity contribution in [1.82, 2.24) is 0 Å². The summed E-state index contributed by atoms with van der Waals surface area (Å²) in [5.41, 5.74) is 0.752. The van der Waals surface area contributed by atoms with Crippen LogP contribution >= 0.6 is 0 Å². The molecule has 3 nitrogen and oxygen atoms in total. The molecule has 0 bridgehead atoms. The van der Waals surface area contributed by atoms with E-state index in [1.165, 1.54) is 0 Å². The van der Waals surface area contributed by atoms with E-state index in [0.29, 0.717) is 5.75 Å². The van der Waals surface area contributed by atoms with Crippen LogP contribution in [0, 0.1) is 5.92 Å². The van der Waals surface area contributed by atoms with Gasteiger partial charge in [0, 0.05) is 5.92 Å². The fraction of sp³-hybridized carbons (Fsp3) is 0.533. The topological polar surface area (TPSA) is 38.3 Å². The highest BCUT2D eigenvalue weighted by Crippen LogP contribution is 2.25. The Bertz CT molecular complexity index is 371. The van der Waals surface area contributed by atoms with Crippen LogP contribution in [-0.2, 0) is 4.79 Å². The van der Waals surface area contributed by atoms with Gasteiger partial charge < -0.3 is 10.1 Å². The Morgan fingerprint density at radius 2 is 1.83 bits per heavy atom. The van der Waals surface area contributed by atoms with E-state index in [-0.39, 0.29) is 11.8 Å². The normalized spacial score (nSPS) is 10.4. The van der Waals surface area contributed by atoms with Crippen molar-refractivity contribution in [2.45, 2.75) is 39.5 Å². The Kier molecular flexibility index (Phi) is 6.26. The molecule has 0 aromatic heterocycles. The average molecular weight is 249 g/mol. The molecule has 0 aliphatic heterocycles. The molecule has 1 amide bonds. The van der Waals surface area contributed by atoms with Crippen LogP contribution in [0.15, 0.2) is 24.3 Å². The monoisotopic (exact) mass is 249 g/mol. The second kappa shape index (κ2) is 7.75. The number of hydrogen-bond donors (Lipinski definition) is 1. The highest BCUT2D eigenvalue weighted by Gasteiger charge is 2.17. The minimum Gasteiger partial charge on any atom is -0.495 e. The number of benzene rings is 1. The van der Waals surface area contributed by atoms with Gasteiger partial charge in [0.1, 0.15) is 5.75 Å². The van der Waals surface area contributed by atoms with Crippen molar-refractivity contribution < 1.29 is 9.53 Å². The average Bonchev–Trinajstić information content (AvgIpc) is 2.39. The first-order valence-corrected chi connectivity index (χ1v) is 6.66. The minimum atomic E-state index is 0.100. The Morgan fingerprint density at radius 1 is 1.22 bits per heavy atom. The third-order valence-electron chi connectivity index (χ3n) is 3.01. The van der Waals surface area contributed by atoms with E-state index in [4.69, 9.17) is 4.74 Å². The van der Waals surface area contributed by atoms with Crippen LogP contribution in [0.25, 0.3) is 0 Å². The van der Waals surface area contributed by atoms with Crippen molar-refractivity contribution in [3.8, 4) is 5.75 Å². The van der Waals surface area contributed by atoms with Gasteiger partial charge in [0.15, 0.2) is 0 Å². The van der Waals surface area contributed by atoms with Crippen LogP contribution < -0.4 is 10.1 Å². The summed E-state index contributed by atoms with van der Waals surface area (Å²) in [6.07, 6.45) is 3.94. The Balaban J connectivity index is 2.72. The summed E-state index contributed by atoms with van der Waals surface area (Å²) in [6.45, 7) is 4.22. The molecule has 0 atom stereocenters. The third-order valence-corrected chi connectivity index (χ3v) is 3.01. The van der Waals surface area contributed by atoms with E-state index >= 15 is 0 Å². The first-order chi connectivity index (χ1) is 8.72. The van der Waals surface area contributed by atoms with Crippen molar-refractivity contribution in [3.05, 3.63) is 24.3 Å². The van der Waals surface area contributed by atoms with E-state index in [0.717, 1.165) is 31.4 Å². The van der Waals surface area contributed by atoms with Crippen molar-refractivity contribution in [3.63, 3.8) is 0 Å². The zero-order chi connectivity index (χ0) is 13.4. The molecule has 1 N–H and O–H groups in total. The van der Waals surface area contributed by atoms with Crippen LogP contribution in [0.3, 0.4) is 0 Å². The van der Waals surface area contributed by atoms with E-state index in [2.05, 4.69) is 19.2 Å². The molecular weight excluding hydrogens is 226 g/mol. The number of amides is 1. The maximum Gasteiger partial charge on any atom is 0.227 e. The van der Waals surface area contributed by atoms with Gasteiger partial charge in [-0.3, -0.25) is 4.79 Å². The number of rotatable bonds is 7. The number of anilines is 1. The molecule has 0 fully saturated rings. The molecule has 0 heterocycles. The number of carbonyl (C=O) groups is 1. The van der Waals surface area contributed by atoms with E-state index in [9.17, 15) is 4.79 Å². The molecule has 1 aromatic rings. The highest BCUT2D eigenvalue weighted by atomic mass is 16.5. The fourth-order valence-corrected chi connectivity index (χ4v) is 2.09. The molecule has 0 unspecified atom stereocenters. The summed E-state index contributed by atoms with van der Waals surface area (Å²) in [5, 5.41) is 2.97. The molecule has 1 rings (SSSR count). The number of hydrogen-bond acceptors (Lipinski definition) is 2. The SMILES string of the molecule is CCCC(CCC)C(=O)Nc1ccccc1OC. The number of ether oxygens (including phenoxy) is 1. The largest absolute Gasteiger partial charge is 0.495 e. The molecule has 100 valence electrons. The lowest BCUT2D eigenvalue weighted by molar-refractivity contribution is -0.120. The Morgan fingerprint density at radius 3 is 2.39 bits per heavy atom. The van der Waals surface area contributed by atoms with Crippen LogP contribution in [0.5, 0.6) is 5.75 Å². The van der Waals surface area contributed by atoms with Gasteiger partial charge in [-0.05, 0) is 25.0 Å². The third kappa shape index (κ3) is 4.06. The summed E-state index contributed by atoms with van der Waals surface area (Å²) >= 11 is 0. The summed E-state index contributed by atoms with van der Waals surface area (Å²) < 4.78 is 5.23. The predicted octanol–water partition coefficient (Wildman–Crippen LogP) is 3.85. The van der Waals surface area contributed by atoms with Crippen molar-refractivity contribution in [2.75, 3.05) is 12.4 Å². The van der Waals surface area contributed by atoms with Gasteiger partial charge in [-0.15, -0.1) is 0 Å². The van der Waals surface area contributed by atoms with Gasteiger partial charge in [-0.2, -0.15) is 0 Å². The van der Waals surface area contributed by atoms with Crippen molar-refractivity contribution >= 4 is 11.6 Å². The summed E-state index contributed by atoms with van der Waals surface area (Å²) in [5.74, 6) is 0.908. The van der Waals surface area contributed by atoms with E-state index in [1.807, 2.05) is 24.3 Å². The predicted molar refractivity (Wildman–Crippen MR) is 74.9 cm³/mol. The molecule has 18 heavy (non-hydrogen) atoms. The van der Waals surface area contributed by atoms with Crippen molar-refractivity contribution in [2.24, 2.45) is 5.92 Å². The van der Waals surface area contributed by atoms with Gasteiger partial charge in [-0.25, -0.2) is 0 Å². The zero-order valence-electron chi connectivity index (χ0n) is 11.5. The quantitative estimate of drug-likeness (QED) is 0.797. The van der Waals surface area contributed by atoms with E-state index in [1.54, 1.807) is 7.11 Å². The van der Waals surface area contributed by atoms with Gasteiger partial charge in [0.2, 0.25) is 5.91 Å². The molecule has 0 radical (unpaired) electrons. The van der Waals surface area contributed by atoms with Gasteiger partial charge in [-0.1, -0.05) is 38.8 Å². The maximum absolute atomic E-state index is 12.2. The molecule has 0 spiro atoms. The van der Waals surface area contributed by atoms with Crippen LogP contribution in [0.1, 0.15) is 39.5 Å². The Labute approximate surface area is 110 Å². The smallest absolute Gasteiger partial charge is 0.227 e. The number of nitrogens with one attached hydrogen (secondary N) is 1. The number of para-hydroxylation sites is 2. The molecule has 0 aliphatic carbocycles. The van der Waals surface area contributed by atoms with Crippen LogP contribution in [0.2, 0.25) is 0 Å². The standard InChI is InChI=1S/C15H23NO2/c1-4-8-12(9-5-2)15(17)16-13-10-6-7-11-14(13)18-3/h6-7,10-12H,4-5,8-9H2,1-3H3,(H,16,17). The molecule has 0 saturated heterocycles. The maximum atomic E-state index is 12.2. The van der Waals surface area contributed by atoms with E-state index < -0.39 is 0 Å². The molecular formula is C15H23NO2. The summed E-state index contributed by atoms with van der Waals surface area (Å²) in [4.78, 5) is 12.2. The molecule has 0 saturated carbocycles. The van der Waals surface area contributed by atoms with Crippen LogP contribution in [-0.4, -0.2) is 13.0 Å². The second-order valence-corrected chi connectivity index (χ2v) is 4.46. The summed E-state index contributed by atoms with van der Waals surface area (Å²) in [6, 6.07) is 7.51. The highest BCUT2D eigenvalue weighted by molar-refractivity contribution is 5.93.